The van der Waals surface area contributed by atoms with Crippen molar-refractivity contribution in [2.45, 2.75) is 6.54 Å². The summed E-state index contributed by atoms with van der Waals surface area (Å²) in [7, 11) is 1.60. The van der Waals surface area contributed by atoms with Gasteiger partial charge in [0.05, 0.1) is 19.0 Å². The molecule has 0 saturated carbocycles. The SMILES string of the molecule is COc1ccc(CNc2ccc(-n3cncn3)nc2)cn1. The van der Waals surface area contributed by atoms with E-state index in [0.717, 1.165) is 17.1 Å². The van der Waals surface area contributed by atoms with E-state index in [9.17, 15) is 0 Å². The first-order chi connectivity index (χ1) is 10.3. The van der Waals surface area contributed by atoms with Crippen LogP contribution in [-0.2, 0) is 6.54 Å². The largest absolute Gasteiger partial charge is 0.481 e. The van der Waals surface area contributed by atoms with Gasteiger partial charge in [0.15, 0.2) is 5.82 Å². The quantitative estimate of drug-likeness (QED) is 0.767. The Bertz CT molecular complexity index is 678. The Hall–Kier alpha value is -2.96. The summed E-state index contributed by atoms with van der Waals surface area (Å²) in [6.07, 6.45) is 6.62. The van der Waals surface area contributed by atoms with Crippen LogP contribution < -0.4 is 10.1 Å². The molecule has 106 valence electrons. The number of pyridine rings is 2. The van der Waals surface area contributed by atoms with Gasteiger partial charge < -0.3 is 10.1 Å². The van der Waals surface area contributed by atoms with Crippen molar-refractivity contribution in [1.82, 2.24) is 24.7 Å². The molecule has 3 aromatic heterocycles. The zero-order valence-electron chi connectivity index (χ0n) is 11.5. The molecule has 3 aromatic rings. The van der Waals surface area contributed by atoms with E-state index in [1.54, 1.807) is 30.5 Å². The van der Waals surface area contributed by atoms with Gasteiger partial charge in [-0.25, -0.2) is 19.6 Å². The van der Waals surface area contributed by atoms with Crippen LogP contribution in [0.4, 0.5) is 5.69 Å². The molecule has 3 heterocycles. The molecule has 0 radical (unpaired) electrons. The summed E-state index contributed by atoms with van der Waals surface area (Å²) in [6, 6.07) is 7.63. The van der Waals surface area contributed by atoms with Gasteiger partial charge in [-0.2, -0.15) is 5.10 Å². The van der Waals surface area contributed by atoms with Gasteiger partial charge in [-0.15, -0.1) is 0 Å². The standard InChI is InChI=1S/C14H14N6O/c1-21-14-5-2-11(7-18-14)6-16-12-3-4-13(17-8-12)20-10-15-9-19-20/h2-5,7-10,16H,6H2,1H3. The average molecular weight is 282 g/mol. The first-order valence-electron chi connectivity index (χ1n) is 6.39. The van der Waals surface area contributed by atoms with E-state index in [4.69, 9.17) is 4.74 Å². The molecule has 7 nitrogen and oxygen atoms in total. The monoisotopic (exact) mass is 282 g/mol. The van der Waals surface area contributed by atoms with Crippen LogP contribution in [0.2, 0.25) is 0 Å². The molecule has 0 atom stereocenters. The molecule has 0 aliphatic carbocycles. The fourth-order valence-electron chi connectivity index (χ4n) is 1.79. The number of hydrogen-bond donors (Lipinski definition) is 1. The zero-order valence-corrected chi connectivity index (χ0v) is 11.5. The normalized spacial score (nSPS) is 10.3. The van der Waals surface area contributed by atoms with Crippen molar-refractivity contribution in [3.63, 3.8) is 0 Å². The van der Waals surface area contributed by atoms with Crippen molar-refractivity contribution in [3.8, 4) is 11.7 Å². The van der Waals surface area contributed by atoms with E-state index in [1.807, 2.05) is 24.3 Å². The van der Waals surface area contributed by atoms with E-state index in [0.29, 0.717) is 12.4 Å². The summed E-state index contributed by atoms with van der Waals surface area (Å²) in [5.41, 5.74) is 1.99. The number of rotatable bonds is 5. The molecule has 3 rings (SSSR count). The van der Waals surface area contributed by atoms with Crippen LogP contribution in [-0.4, -0.2) is 31.8 Å². The first kappa shape index (κ1) is 13.0. The van der Waals surface area contributed by atoms with Crippen molar-refractivity contribution < 1.29 is 4.74 Å². The number of nitrogens with one attached hydrogen (secondary N) is 1. The predicted octanol–water partition coefficient (Wildman–Crippen LogP) is 1.68. The third-order valence-electron chi connectivity index (χ3n) is 2.90. The maximum absolute atomic E-state index is 5.03. The Morgan fingerprint density at radius 1 is 1.14 bits per heavy atom. The van der Waals surface area contributed by atoms with Gasteiger partial charge >= 0.3 is 0 Å². The van der Waals surface area contributed by atoms with Crippen LogP contribution in [0.15, 0.2) is 49.3 Å². The summed E-state index contributed by atoms with van der Waals surface area (Å²) in [5, 5.41) is 7.31. The highest BCUT2D eigenvalue weighted by Gasteiger charge is 2.00. The Morgan fingerprint density at radius 2 is 2.10 bits per heavy atom. The topological polar surface area (TPSA) is 77.8 Å². The molecule has 0 unspecified atom stereocenters. The maximum atomic E-state index is 5.03. The minimum absolute atomic E-state index is 0.609. The lowest BCUT2D eigenvalue weighted by molar-refractivity contribution is 0.397. The highest BCUT2D eigenvalue weighted by molar-refractivity contribution is 5.43. The van der Waals surface area contributed by atoms with Crippen molar-refractivity contribution in [2.24, 2.45) is 0 Å². The Morgan fingerprint density at radius 3 is 2.71 bits per heavy atom. The van der Waals surface area contributed by atoms with Crippen molar-refractivity contribution in [1.29, 1.82) is 0 Å². The number of methoxy groups -OCH3 is 1. The lowest BCUT2D eigenvalue weighted by atomic mass is 10.3. The molecular formula is C14H14N6O. The van der Waals surface area contributed by atoms with Crippen molar-refractivity contribution >= 4 is 5.69 Å². The summed E-state index contributed by atoms with van der Waals surface area (Å²) >= 11 is 0. The number of aromatic nitrogens is 5. The number of ether oxygens (including phenoxy) is 1. The van der Waals surface area contributed by atoms with Gasteiger partial charge in [0, 0.05) is 18.8 Å². The molecule has 0 bridgehead atoms. The predicted molar refractivity (Wildman–Crippen MR) is 77.3 cm³/mol. The number of nitrogens with zero attached hydrogens (tertiary/aromatic N) is 5. The highest BCUT2D eigenvalue weighted by atomic mass is 16.5. The van der Waals surface area contributed by atoms with Crippen LogP contribution in [0.1, 0.15) is 5.56 Å². The molecule has 7 heteroatoms. The Labute approximate surface area is 121 Å². The summed E-state index contributed by atoms with van der Waals surface area (Å²) in [5.74, 6) is 1.33. The van der Waals surface area contributed by atoms with Crippen LogP contribution in [0, 0.1) is 0 Å². The summed E-state index contributed by atoms with van der Waals surface area (Å²) in [4.78, 5) is 12.4. The molecule has 0 spiro atoms. The molecule has 21 heavy (non-hydrogen) atoms. The summed E-state index contributed by atoms with van der Waals surface area (Å²) in [6.45, 7) is 0.668. The maximum Gasteiger partial charge on any atom is 0.212 e. The van der Waals surface area contributed by atoms with Crippen LogP contribution >= 0.6 is 0 Å². The highest BCUT2D eigenvalue weighted by Crippen LogP contribution is 2.11. The fraction of sp³-hybridized carbons (Fsp3) is 0.143. The Balaban J connectivity index is 1.62. The van der Waals surface area contributed by atoms with Gasteiger partial charge in [0.25, 0.3) is 0 Å². The number of hydrogen-bond acceptors (Lipinski definition) is 6. The van der Waals surface area contributed by atoms with E-state index in [-0.39, 0.29) is 0 Å². The third-order valence-corrected chi connectivity index (χ3v) is 2.90. The van der Waals surface area contributed by atoms with Crippen LogP contribution in [0.25, 0.3) is 5.82 Å². The van der Waals surface area contributed by atoms with Gasteiger partial charge in [0.1, 0.15) is 12.7 Å². The van der Waals surface area contributed by atoms with E-state index in [1.165, 1.54) is 6.33 Å². The molecule has 0 aliphatic heterocycles. The molecule has 0 amide bonds. The third kappa shape index (κ3) is 3.14. The zero-order chi connectivity index (χ0) is 14.5. The van der Waals surface area contributed by atoms with Crippen molar-refractivity contribution in [3.05, 3.63) is 54.9 Å². The smallest absolute Gasteiger partial charge is 0.212 e. The van der Waals surface area contributed by atoms with Gasteiger partial charge in [-0.1, -0.05) is 6.07 Å². The lowest BCUT2D eigenvalue weighted by Gasteiger charge is -2.07. The number of anilines is 1. The van der Waals surface area contributed by atoms with Gasteiger partial charge in [-0.05, 0) is 17.7 Å². The van der Waals surface area contributed by atoms with Gasteiger partial charge in [-0.3, -0.25) is 0 Å². The molecular weight excluding hydrogens is 268 g/mol. The van der Waals surface area contributed by atoms with E-state index < -0.39 is 0 Å². The molecule has 0 aliphatic rings. The van der Waals surface area contributed by atoms with E-state index in [2.05, 4.69) is 25.4 Å². The summed E-state index contributed by atoms with van der Waals surface area (Å²) < 4.78 is 6.63. The minimum Gasteiger partial charge on any atom is -0.481 e. The molecule has 0 saturated heterocycles. The average Bonchev–Trinajstić information content (AvgIpc) is 3.08. The minimum atomic E-state index is 0.609. The fourth-order valence-corrected chi connectivity index (χ4v) is 1.79. The second kappa shape index (κ2) is 6.00. The lowest BCUT2D eigenvalue weighted by Crippen LogP contribution is -2.02. The van der Waals surface area contributed by atoms with Crippen LogP contribution in [0.5, 0.6) is 5.88 Å². The Kier molecular flexibility index (Phi) is 3.72. The van der Waals surface area contributed by atoms with Gasteiger partial charge in [0.2, 0.25) is 5.88 Å². The van der Waals surface area contributed by atoms with Crippen molar-refractivity contribution in [2.75, 3.05) is 12.4 Å². The second-order valence-corrected chi connectivity index (χ2v) is 4.31. The molecule has 0 fully saturated rings. The first-order valence-corrected chi connectivity index (χ1v) is 6.39. The molecule has 1 N–H and O–H groups in total. The van der Waals surface area contributed by atoms with E-state index >= 15 is 0 Å². The van der Waals surface area contributed by atoms with Crippen LogP contribution in [0.3, 0.4) is 0 Å². The molecule has 0 aromatic carbocycles. The second-order valence-electron chi connectivity index (χ2n) is 4.31.